The van der Waals surface area contributed by atoms with Gasteiger partial charge in [-0.1, -0.05) is 33.9 Å². The highest BCUT2D eigenvalue weighted by Crippen LogP contribution is 2.28. The average molecular weight is 613 g/mol. The molecule has 0 aliphatic rings. The van der Waals surface area contributed by atoms with Gasteiger partial charge in [-0.05, 0) is 38.5 Å². The molecule has 6 nitrogen and oxygen atoms in total. The third-order valence-corrected chi connectivity index (χ3v) is 8.26. The summed E-state index contributed by atoms with van der Waals surface area (Å²) in [7, 11) is 0. The van der Waals surface area contributed by atoms with Crippen LogP contribution in [0.25, 0.3) is 10.1 Å². The van der Waals surface area contributed by atoms with Gasteiger partial charge in [-0.2, -0.15) is 11.8 Å². The molecule has 0 saturated carbocycles. The smallest absolute Gasteiger partial charge is 0.312 e. The molecule has 0 fully saturated rings. The molecular weight excluding hydrogens is 582 g/mol. The van der Waals surface area contributed by atoms with Gasteiger partial charge in [0.05, 0.1) is 31.8 Å². The van der Waals surface area contributed by atoms with Crippen molar-refractivity contribution in [2.45, 2.75) is 20.8 Å². The van der Waals surface area contributed by atoms with E-state index in [0.717, 1.165) is 22.8 Å². The molecule has 184 valence electrons. The van der Waals surface area contributed by atoms with Gasteiger partial charge in [0, 0.05) is 32.1 Å². The second-order valence-electron chi connectivity index (χ2n) is 7.87. The maximum Gasteiger partial charge on any atom is 0.312 e. The second kappa shape index (κ2) is 14.4. The monoisotopic (exact) mass is 612 g/mol. The molecule has 0 saturated heterocycles. The van der Waals surface area contributed by atoms with E-state index >= 15 is 0 Å². The summed E-state index contributed by atoms with van der Waals surface area (Å²) < 4.78 is 37.1. The number of thioether (sulfide) groups is 1. The van der Waals surface area contributed by atoms with E-state index in [0.29, 0.717) is 52.3 Å². The van der Waals surface area contributed by atoms with Gasteiger partial charge in [0.25, 0.3) is 0 Å². The predicted molar refractivity (Wildman–Crippen MR) is 141 cm³/mol. The number of halogens is 2. The number of alkyl halides is 1. The third kappa shape index (κ3) is 9.67. The SMILES string of the molecule is Cc1cc2sc(=O)cc(OCCOCCSCCOCCOC(=O)C(C)(C)CI)c2cc1F. The summed E-state index contributed by atoms with van der Waals surface area (Å²) in [5.41, 5.74) is 0.0352. The molecule has 1 aromatic carbocycles. The Morgan fingerprint density at radius 2 is 1.73 bits per heavy atom. The van der Waals surface area contributed by atoms with E-state index in [1.165, 1.54) is 12.1 Å². The second-order valence-corrected chi connectivity index (χ2v) is 10.9. The maximum atomic E-state index is 13.9. The number of rotatable bonds is 15. The van der Waals surface area contributed by atoms with E-state index in [1.54, 1.807) is 24.8 Å². The molecule has 0 bridgehead atoms. The van der Waals surface area contributed by atoms with Crippen LogP contribution in [-0.4, -0.2) is 61.5 Å². The summed E-state index contributed by atoms with van der Waals surface area (Å²) in [5.74, 6) is 1.49. The molecule has 0 unspecified atom stereocenters. The standard InChI is InChI=1S/C23H30FIO6S2/c1-16-12-20-17(13-18(16)24)19(14-21(26)33-20)30-6-4-28-8-10-32-11-9-29-5-7-31-22(27)23(2,3)15-25/h12-14H,4-11,15H2,1-3H3. The van der Waals surface area contributed by atoms with Crippen molar-refractivity contribution in [1.82, 2.24) is 0 Å². The zero-order valence-electron chi connectivity index (χ0n) is 19.1. The van der Waals surface area contributed by atoms with Crippen LogP contribution < -0.4 is 9.48 Å². The Morgan fingerprint density at radius 1 is 1.06 bits per heavy atom. The van der Waals surface area contributed by atoms with Crippen molar-refractivity contribution in [2.24, 2.45) is 5.41 Å². The van der Waals surface area contributed by atoms with Crippen LogP contribution in [0, 0.1) is 18.2 Å². The Morgan fingerprint density at radius 3 is 2.39 bits per heavy atom. The molecule has 1 heterocycles. The number of esters is 1. The number of hydrogen-bond acceptors (Lipinski definition) is 8. The predicted octanol–water partition coefficient (Wildman–Crippen LogP) is 4.86. The number of benzene rings is 1. The van der Waals surface area contributed by atoms with E-state index in [4.69, 9.17) is 18.9 Å². The number of ether oxygens (including phenoxy) is 4. The van der Waals surface area contributed by atoms with E-state index in [1.807, 2.05) is 13.8 Å². The van der Waals surface area contributed by atoms with Crippen LogP contribution in [0.2, 0.25) is 0 Å². The van der Waals surface area contributed by atoms with Crippen molar-refractivity contribution < 1.29 is 28.1 Å². The quantitative estimate of drug-likeness (QED) is 0.123. The van der Waals surface area contributed by atoms with Crippen LogP contribution in [0.1, 0.15) is 19.4 Å². The molecular formula is C23H30FIO6S2. The Balaban J connectivity index is 1.52. The van der Waals surface area contributed by atoms with E-state index < -0.39 is 5.41 Å². The minimum Gasteiger partial charge on any atom is -0.490 e. The Hall–Kier alpha value is -0.950. The zero-order chi connectivity index (χ0) is 24.3. The van der Waals surface area contributed by atoms with Crippen LogP contribution in [0.3, 0.4) is 0 Å². The minimum atomic E-state index is -0.465. The zero-order valence-corrected chi connectivity index (χ0v) is 22.9. The highest BCUT2D eigenvalue weighted by atomic mass is 127. The highest BCUT2D eigenvalue weighted by Gasteiger charge is 2.27. The molecule has 0 radical (unpaired) electrons. The van der Waals surface area contributed by atoms with Gasteiger partial charge >= 0.3 is 5.97 Å². The van der Waals surface area contributed by atoms with Gasteiger partial charge in [-0.3, -0.25) is 9.59 Å². The Bertz CT molecular complexity index is 966. The molecule has 0 N–H and O–H groups in total. The molecule has 2 rings (SSSR count). The molecule has 2 aromatic rings. The summed E-state index contributed by atoms with van der Waals surface area (Å²) >= 11 is 4.96. The first-order chi connectivity index (χ1) is 15.7. The van der Waals surface area contributed by atoms with Crippen LogP contribution >= 0.6 is 45.7 Å². The summed E-state index contributed by atoms with van der Waals surface area (Å²) in [5, 5.41) is 0.599. The molecule has 0 spiro atoms. The van der Waals surface area contributed by atoms with Crippen LogP contribution in [0.5, 0.6) is 5.75 Å². The number of carbonyl (C=O) groups excluding carboxylic acids is 1. The molecule has 10 heteroatoms. The number of carbonyl (C=O) groups is 1. The van der Waals surface area contributed by atoms with Crippen molar-refractivity contribution in [2.75, 3.05) is 55.6 Å². The average Bonchev–Trinajstić information content (AvgIpc) is 2.77. The van der Waals surface area contributed by atoms with Crippen LogP contribution in [0.15, 0.2) is 23.0 Å². The number of aryl methyl sites for hydroxylation is 1. The summed E-state index contributed by atoms with van der Waals surface area (Å²) in [6.45, 7) is 7.85. The Labute approximate surface area is 215 Å². The van der Waals surface area contributed by atoms with Gasteiger partial charge in [0.1, 0.15) is 24.8 Å². The normalized spacial score (nSPS) is 11.7. The van der Waals surface area contributed by atoms with Crippen LogP contribution in [0.4, 0.5) is 4.39 Å². The lowest BCUT2D eigenvalue weighted by Crippen LogP contribution is -2.29. The fraction of sp³-hybridized carbons (Fsp3) is 0.565. The fourth-order valence-electron chi connectivity index (χ4n) is 2.57. The minimum absolute atomic E-state index is 0.134. The molecule has 0 atom stereocenters. The molecule has 0 aliphatic heterocycles. The molecule has 33 heavy (non-hydrogen) atoms. The van der Waals surface area contributed by atoms with Gasteiger partial charge in [0.2, 0.25) is 4.74 Å². The summed E-state index contributed by atoms with van der Waals surface area (Å²) in [4.78, 5) is 23.7. The van der Waals surface area contributed by atoms with Crippen molar-refractivity contribution in [3.05, 3.63) is 39.1 Å². The van der Waals surface area contributed by atoms with Gasteiger partial charge in [0.15, 0.2) is 0 Å². The maximum absolute atomic E-state index is 13.9. The lowest BCUT2D eigenvalue weighted by atomic mass is 9.97. The lowest BCUT2D eigenvalue weighted by Gasteiger charge is -2.19. The first-order valence-electron chi connectivity index (χ1n) is 10.6. The Kier molecular flexibility index (Phi) is 12.4. The molecule has 1 aromatic heterocycles. The van der Waals surface area contributed by atoms with E-state index in [2.05, 4.69) is 22.6 Å². The molecule has 0 aliphatic carbocycles. The van der Waals surface area contributed by atoms with Gasteiger partial charge in [-0.15, -0.1) is 0 Å². The number of hydrogen-bond donors (Lipinski definition) is 0. The van der Waals surface area contributed by atoms with Crippen LogP contribution in [-0.2, 0) is 19.0 Å². The topological polar surface area (TPSA) is 71.1 Å². The van der Waals surface area contributed by atoms with Crippen molar-refractivity contribution >= 4 is 61.7 Å². The van der Waals surface area contributed by atoms with Gasteiger partial charge in [-0.25, -0.2) is 4.39 Å². The summed E-state index contributed by atoms with van der Waals surface area (Å²) in [6.07, 6.45) is 0. The third-order valence-electron chi connectivity index (χ3n) is 4.56. The first-order valence-corrected chi connectivity index (χ1v) is 14.1. The first kappa shape index (κ1) is 28.3. The summed E-state index contributed by atoms with van der Waals surface area (Å²) in [6, 6.07) is 4.47. The largest absolute Gasteiger partial charge is 0.490 e. The van der Waals surface area contributed by atoms with E-state index in [9.17, 15) is 14.0 Å². The lowest BCUT2D eigenvalue weighted by molar-refractivity contribution is -0.153. The number of fused-ring (bicyclic) bond motifs is 1. The fourth-order valence-corrected chi connectivity index (χ4v) is 4.44. The van der Waals surface area contributed by atoms with Crippen molar-refractivity contribution in [3.8, 4) is 5.75 Å². The van der Waals surface area contributed by atoms with Crippen molar-refractivity contribution in [1.29, 1.82) is 0 Å². The highest BCUT2D eigenvalue weighted by molar-refractivity contribution is 14.1. The van der Waals surface area contributed by atoms with E-state index in [-0.39, 0.29) is 29.7 Å². The molecule has 0 amide bonds. The van der Waals surface area contributed by atoms with Gasteiger partial charge < -0.3 is 18.9 Å². The van der Waals surface area contributed by atoms with Crippen molar-refractivity contribution in [3.63, 3.8) is 0 Å².